The summed E-state index contributed by atoms with van der Waals surface area (Å²) in [6.45, 7) is 0. The van der Waals surface area contributed by atoms with E-state index in [-0.39, 0.29) is 18.9 Å². The molecular weight excluding hydrogens is 223 g/mol. The fraction of sp³-hybridized carbons (Fsp3) is 0. The van der Waals surface area contributed by atoms with Crippen LogP contribution in [0.4, 0.5) is 0 Å². The second-order valence-electron chi connectivity index (χ2n) is 2.96. The van der Waals surface area contributed by atoms with Gasteiger partial charge in [0.25, 0.3) is 0 Å². The van der Waals surface area contributed by atoms with Gasteiger partial charge in [0, 0.05) is 18.9 Å². The number of hydrogen-bond acceptors (Lipinski definition) is 3. The minimum atomic E-state index is -0.609. The van der Waals surface area contributed by atoms with Crippen molar-refractivity contribution in [3.8, 4) is 0 Å². The molecule has 0 spiro atoms. The van der Waals surface area contributed by atoms with Gasteiger partial charge in [0.15, 0.2) is 0 Å². The Morgan fingerprint density at radius 2 is 1.75 bits per heavy atom. The van der Waals surface area contributed by atoms with Crippen LogP contribution in [0.5, 0.6) is 0 Å². The molecular formula is C11H7ClLiO3. The maximum atomic E-state index is 11.4. The summed E-state index contributed by atoms with van der Waals surface area (Å²) in [5.74, 6) is -0.609. The monoisotopic (exact) mass is 229 g/mol. The second kappa shape index (κ2) is 5.93. The first-order valence-electron chi connectivity index (χ1n) is 4.30. The van der Waals surface area contributed by atoms with E-state index in [1.807, 2.05) is 30.3 Å². The standard InChI is InChI=1S/C11H7ClO3.Li/c12-15-14-11(13)10-7-3-5-8-4-1-2-6-9(8)10;/h1-7H;. The maximum Gasteiger partial charge on any atom is 0.375 e. The van der Waals surface area contributed by atoms with Gasteiger partial charge in [0.1, 0.15) is 11.9 Å². The minimum absolute atomic E-state index is 0. The van der Waals surface area contributed by atoms with E-state index < -0.39 is 5.97 Å². The van der Waals surface area contributed by atoms with Crippen LogP contribution in [0.25, 0.3) is 10.8 Å². The van der Waals surface area contributed by atoms with Gasteiger partial charge in [0.05, 0.1) is 5.56 Å². The van der Waals surface area contributed by atoms with Crippen molar-refractivity contribution in [1.29, 1.82) is 0 Å². The summed E-state index contributed by atoms with van der Waals surface area (Å²) in [6.07, 6.45) is 0. The molecule has 0 saturated heterocycles. The Morgan fingerprint density at radius 1 is 1.06 bits per heavy atom. The molecule has 0 heterocycles. The molecule has 1 radical (unpaired) electrons. The number of carbonyl (C=O) groups is 1. The molecule has 0 bridgehead atoms. The van der Waals surface area contributed by atoms with Gasteiger partial charge in [-0.1, -0.05) is 40.8 Å². The van der Waals surface area contributed by atoms with Gasteiger partial charge in [-0.15, -0.1) is 0 Å². The van der Waals surface area contributed by atoms with Crippen molar-refractivity contribution in [2.45, 2.75) is 0 Å². The van der Waals surface area contributed by atoms with Crippen molar-refractivity contribution in [3.63, 3.8) is 0 Å². The molecule has 0 unspecified atom stereocenters. The molecule has 0 aliphatic rings. The second-order valence-corrected chi connectivity index (χ2v) is 3.09. The van der Waals surface area contributed by atoms with Gasteiger partial charge in [-0.05, 0) is 16.8 Å². The molecule has 2 aromatic rings. The van der Waals surface area contributed by atoms with Crippen LogP contribution in [0.2, 0.25) is 0 Å². The summed E-state index contributed by atoms with van der Waals surface area (Å²) < 4.78 is 3.83. The maximum absolute atomic E-state index is 11.4. The van der Waals surface area contributed by atoms with Gasteiger partial charge in [-0.2, -0.15) is 0 Å². The summed E-state index contributed by atoms with van der Waals surface area (Å²) in [5.41, 5.74) is 0.425. The van der Waals surface area contributed by atoms with E-state index in [1.54, 1.807) is 12.1 Å². The van der Waals surface area contributed by atoms with E-state index in [9.17, 15) is 4.79 Å². The number of carbonyl (C=O) groups excluding carboxylic acids is 1. The van der Waals surface area contributed by atoms with Gasteiger partial charge in [-0.25, -0.2) is 4.79 Å². The Hall–Kier alpha value is -0.983. The van der Waals surface area contributed by atoms with Crippen molar-refractivity contribution in [1.82, 2.24) is 0 Å². The van der Waals surface area contributed by atoms with Crippen LogP contribution >= 0.6 is 11.9 Å². The molecule has 2 aromatic carbocycles. The number of fused-ring (bicyclic) bond motifs is 1. The average Bonchev–Trinajstić information content (AvgIpc) is 2.28. The van der Waals surface area contributed by atoms with Crippen molar-refractivity contribution < 1.29 is 14.1 Å². The van der Waals surface area contributed by atoms with Crippen LogP contribution in [0, 0.1) is 0 Å². The normalized spacial score (nSPS) is 9.56. The first-order valence-corrected chi connectivity index (χ1v) is 4.61. The molecule has 0 amide bonds. The molecule has 16 heavy (non-hydrogen) atoms. The zero-order valence-corrected chi connectivity index (χ0v) is 9.40. The molecule has 2 rings (SSSR count). The van der Waals surface area contributed by atoms with Gasteiger partial charge in [-0.3, -0.25) is 4.89 Å². The summed E-state index contributed by atoms with van der Waals surface area (Å²) in [6, 6.07) is 12.8. The summed E-state index contributed by atoms with van der Waals surface area (Å²) in [4.78, 5) is 15.7. The van der Waals surface area contributed by atoms with E-state index in [4.69, 9.17) is 11.9 Å². The molecule has 0 aromatic heterocycles. The number of hydrogen-bond donors (Lipinski definition) is 0. The zero-order valence-electron chi connectivity index (χ0n) is 8.64. The summed E-state index contributed by atoms with van der Waals surface area (Å²) in [5, 5.41) is 1.76. The Kier molecular flexibility index (Phi) is 4.85. The SMILES string of the molecule is O=C(OOCl)c1cccc2ccccc12.[Li]. The molecule has 0 atom stereocenters. The van der Waals surface area contributed by atoms with Gasteiger partial charge < -0.3 is 0 Å². The van der Waals surface area contributed by atoms with Crippen LogP contribution < -0.4 is 0 Å². The van der Waals surface area contributed by atoms with Crippen LogP contribution in [0.1, 0.15) is 10.4 Å². The third-order valence-electron chi connectivity index (χ3n) is 2.12. The molecule has 0 N–H and O–H groups in total. The van der Waals surface area contributed by atoms with Gasteiger partial charge >= 0.3 is 5.97 Å². The molecule has 3 nitrogen and oxygen atoms in total. The van der Waals surface area contributed by atoms with Crippen LogP contribution in [0.3, 0.4) is 0 Å². The van der Waals surface area contributed by atoms with Crippen LogP contribution in [0.15, 0.2) is 42.5 Å². The molecule has 0 aliphatic carbocycles. The van der Waals surface area contributed by atoms with E-state index in [0.717, 1.165) is 10.8 Å². The molecule has 77 valence electrons. The van der Waals surface area contributed by atoms with Crippen molar-refractivity contribution in [3.05, 3.63) is 48.0 Å². The molecule has 5 heteroatoms. The van der Waals surface area contributed by atoms with Crippen molar-refractivity contribution >= 4 is 47.5 Å². The summed E-state index contributed by atoms with van der Waals surface area (Å²) in [7, 11) is 0. The molecule has 0 fully saturated rings. The molecule has 0 saturated carbocycles. The van der Waals surface area contributed by atoms with Crippen molar-refractivity contribution in [2.24, 2.45) is 0 Å². The Morgan fingerprint density at radius 3 is 2.50 bits per heavy atom. The Balaban J connectivity index is 0.00000128. The van der Waals surface area contributed by atoms with E-state index in [1.165, 1.54) is 0 Å². The Labute approximate surface area is 110 Å². The minimum Gasteiger partial charge on any atom is -0.275 e. The first-order chi connectivity index (χ1) is 7.33. The fourth-order valence-electron chi connectivity index (χ4n) is 1.48. The number of halogens is 1. The predicted octanol–water partition coefficient (Wildman–Crippen LogP) is 2.70. The van der Waals surface area contributed by atoms with Crippen molar-refractivity contribution in [2.75, 3.05) is 0 Å². The fourth-order valence-corrected chi connectivity index (χ4v) is 1.53. The molecule has 0 aliphatic heterocycles. The number of rotatable bonds is 2. The number of benzene rings is 2. The van der Waals surface area contributed by atoms with E-state index in [2.05, 4.69) is 9.33 Å². The van der Waals surface area contributed by atoms with Crippen LogP contribution in [-0.4, -0.2) is 24.8 Å². The predicted molar refractivity (Wildman–Crippen MR) is 62.1 cm³/mol. The first kappa shape index (κ1) is 13.1. The van der Waals surface area contributed by atoms with Crippen LogP contribution in [-0.2, 0) is 9.33 Å². The largest absolute Gasteiger partial charge is 0.375 e. The van der Waals surface area contributed by atoms with Gasteiger partial charge in [0.2, 0.25) is 0 Å². The Bertz CT molecular complexity index is 496. The van der Waals surface area contributed by atoms with E-state index in [0.29, 0.717) is 5.56 Å². The zero-order chi connectivity index (χ0) is 10.7. The summed E-state index contributed by atoms with van der Waals surface area (Å²) >= 11 is 4.85. The third-order valence-corrected chi connectivity index (χ3v) is 2.18. The topological polar surface area (TPSA) is 35.5 Å². The van der Waals surface area contributed by atoms with E-state index >= 15 is 0 Å². The average molecular weight is 230 g/mol. The third kappa shape index (κ3) is 2.58. The smallest absolute Gasteiger partial charge is 0.275 e. The quantitative estimate of drug-likeness (QED) is 0.451.